The average Bonchev–Trinajstić information content (AvgIpc) is 3.82. The van der Waals surface area contributed by atoms with Crippen molar-refractivity contribution in [2.24, 2.45) is 0 Å². The van der Waals surface area contributed by atoms with Crippen LogP contribution in [0.3, 0.4) is 0 Å². The van der Waals surface area contributed by atoms with Crippen molar-refractivity contribution in [3.8, 4) is 0 Å². The van der Waals surface area contributed by atoms with Crippen molar-refractivity contribution in [3.05, 3.63) is 94.1 Å². The largest absolute Gasteiger partial charge is 0.481 e. The number of sulfonamides is 1. The third-order valence-electron chi connectivity index (χ3n) is 7.57. The number of pyridine rings is 1. The molecule has 1 aliphatic carbocycles. The minimum atomic E-state index is -3.76. The van der Waals surface area contributed by atoms with Gasteiger partial charge in [-0.2, -0.15) is 0 Å². The number of morpholine rings is 1. The Balaban J connectivity index is 1.64. The van der Waals surface area contributed by atoms with Gasteiger partial charge in [-0.25, -0.2) is 13.4 Å². The number of carboxylic acids is 1. The number of carboxylic acid groups (broad SMARTS) is 1. The number of rotatable bonds is 11. The number of hydrogen-bond acceptors (Lipinski definition) is 6. The molecule has 1 aliphatic heterocycles. The molecule has 2 aromatic carbocycles. The van der Waals surface area contributed by atoms with Crippen LogP contribution in [0.25, 0.3) is 0 Å². The summed E-state index contributed by atoms with van der Waals surface area (Å²) in [5, 5.41) is 10.1. The summed E-state index contributed by atoms with van der Waals surface area (Å²) >= 11 is 12.6. The molecule has 5 rings (SSSR count). The molecular weight excluding hydrogens is 601 g/mol. The summed E-state index contributed by atoms with van der Waals surface area (Å²) in [6, 6.07) is 17.6. The number of nitrogens with zero attached hydrogens (tertiary/aromatic N) is 3. The fraction of sp³-hybridized carbons (Fsp3) is 0.367. The molecule has 2 fully saturated rings. The van der Waals surface area contributed by atoms with Gasteiger partial charge in [-0.05, 0) is 66.8 Å². The Kier molecular flexibility index (Phi) is 9.08. The zero-order chi connectivity index (χ0) is 30.0. The predicted octanol–water partition coefficient (Wildman–Crippen LogP) is 5.65. The summed E-state index contributed by atoms with van der Waals surface area (Å²) in [6.45, 7) is 1.80. The van der Waals surface area contributed by atoms with E-state index in [-0.39, 0.29) is 12.4 Å². The lowest BCUT2D eigenvalue weighted by atomic mass is 9.89. The second-order valence-electron chi connectivity index (χ2n) is 10.5. The second kappa shape index (κ2) is 12.6. The highest BCUT2D eigenvalue weighted by Gasteiger charge is 2.49. The summed E-state index contributed by atoms with van der Waals surface area (Å²) in [5.41, 5.74) is 1.34. The number of amides is 1. The Labute approximate surface area is 255 Å². The van der Waals surface area contributed by atoms with E-state index >= 15 is 0 Å². The summed E-state index contributed by atoms with van der Waals surface area (Å²) in [7, 11) is -3.76. The molecule has 1 N–H and O–H groups in total. The first-order valence-corrected chi connectivity index (χ1v) is 16.0. The Morgan fingerprint density at radius 3 is 2.40 bits per heavy atom. The summed E-state index contributed by atoms with van der Waals surface area (Å²) in [4.78, 5) is 31.9. The van der Waals surface area contributed by atoms with Crippen LogP contribution in [0.2, 0.25) is 10.0 Å². The van der Waals surface area contributed by atoms with Crippen LogP contribution >= 0.6 is 23.2 Å². The highest BCUT2D eigenvalue weighted by Crippen LogP contribution is 2.45. The number of aliphatic carboxylic acids is 1. The third kappa shape index (κ3) is 6.41. The van der Waals surface area contributed by atoms with Crippen LogP contribution in [-0.4, -0.2) is 59.2 Å². The molecule has 12 heteroatoms. The molecule has 4 atom stereocenters. The van der Waals surface area contributed by atoms with Gasteiger partial charge in [0.25, 0.3) is 5.91 Å². The first-order valence-electron chi connectivity index (χ1n) is 13.7. The van der Waals surface area contributed by atoms with Crippen molar-refractivity contribution in [1.82, 2.24) is 9.88 Å². The van der Waals surface area contributed by atoms with Crippen molar-refractivity contribution in [2.45, 2.75) is 62.1 Å². The Morgan fingerprint density at radius 2 is 1.81 bits per heavy atom. The minimum Gasteiger partial charge on any atom is -0.481 e. The number of hydrogen-bond donors (Lipinski definition) is 1. The van der Waals surface area contributed by atoms with E-state index in [0.717, 1.165) is 0 Å². The van der Waals surface area contributed by atoms with Crippen molar-refractivity contribution in [1.29, 1.82) is 0 Å². The maximum Gasteiger partial charge on any atom is 0.306 e. The van der Waals surface area contributed by atoms with Gasteiger partial charge in [0, 0.05) is 16.2 Å². The van der Waals surface area contributed by atoms with E-state index < -0.39 is 57.9 Å². The van der Waals surface area contributed by atoms with Gasteiger partial charge in [0.15, 0.2) is 0 Å². The van der Waals surface area contributed by atoms with E-state index in [9.17, 15) is 23.1 Å². The van der Waals surface area contributed by atoms with E-state index in [1.807, 2.05) is 13.0 Å². The lowest BCUT2D eigenvalue weighted by Crippen LogP contribution is -2.58. The van der Waals surface area contributed by atoms with Crippen LogP contribution in [0.1, 0.15) is 55.9 Å². The average molecular weight is 633 g/mol. The molecule has 0 spiro atoms. The molecule has 3 aromatic rings. The highest BCUT2D eigenvalue weighted by atomic mass is 35.5. The summed E-state index contributed by atoms with van der Waals surface area (Å²) in [6.07, 6.45) is 0.368. The van der Waals surface area contributed by atoms with Crippen LogP contribution in [0.5, 0.6) is 0 Å². The van der Waals surface area contributed by atoms with Gasteiger partial charge in [0.05, 0.1) is 30.3 Å². The van der Waals surface area contributed by atoms with Gasteiger partial charge in [-0.1, -0.05) is 60.5 Å². The van der Waals surface area contributed by atoms with E-state index in [4.69, 9.17) is 27.9 Å². The lowest BCUT2D eigenvalue weighted by Gasteiger charge is -2.48. The highest BCUT2D eigenvalue weighted by molar-refractivity contribution is 7.93. The molecule has 222 valence electrons. The van der Waals surface area contributed by atoms with E-state index in [0.29, 0.717) is 40.4 Å². The van der Waals surface area contributed by atoms with E-state index in [2.05, 4.69) is 4.98 Å². The molecule has 42 heavy (non-hydrogen) atoms. The molecule has 2 aliphatic rings. The molecule has 1 saturated heterocycles. The number of halogens is 2. The van der Waals surface area contributed by atoms with Gasteiger partial charge in [0.1, 0.15) is 18.0 Å². The minimum absolute atomic E-state index is 0.0652. The van der Waals surface area contributed by atoms with Gasteiger partial charge < -0.3 is 14.7 Å². The quantitative estimate of drug-likeness (QED) is 0.290. The van der Waals surface area contributed by atoms with Crippen LogP contribution in [-0.2, 0) is 24.3 Å². The zero-order valence-electron chi connectivity index (χ0n) is 22.8. The molecule has 0 bridgehead atoms. The molecule has 0 radical (unpaired) electrons. The Morgan fingerprint density at radius 1 is 1.07 bits per heavy atom. The zero-order valence-corrected chi connectivity index (χ0v) is 25.2. The van der Waals surface area contributed by atoms with Crippen LogP contribution in [0, 0.1) is 0 Å². The summed E-state index contributed by atoms with van der Waals surface area (Å²) < 4.78 is 34.9. The molecule has 2 heterocycles. The molecule has 1 amide bonds. The number of benzene rings is 2. The Hall–Kier alpha value is -3.18. The van der Waals surface area contributed by atoms with Gasteiger partial charge in [0.2, 0.25) is 10.0 Å². The number of aromatic nitrogens is 1. The van der Waals surface area contributed by atoms with E-state index in [1.165, 1.54) is 10.5 Å². The maximum atomic E-state index is 14.2. The van der Waals surface area contributed by atoms with E-state index in [1.54, 1.807) is 65.6 Å². The van der Waals surface area contributed by atoms with Gasteiger partial charge in [-0.15, -0.1) is 0 Å². The van der Waals surface area contributed by atoms with Crippen molar-refractivity contribution >= 4 is 50.9 Å². The second-order valence-corrected chi connectivity index (χ2v) is 13.5. The normalized spacial score (nSPS) is 21.6. The number of anilines is 1. The molecule has 1 saturated carbocycles. The fourth-order valence-electron chi connectivity index (χ4n) is 5.38. The first kappa shape index (κ1) is 30.3. The number of carbonyl (C=O) groups is 2. The lowest BCUT2D eigenvalue weighted by molar-refractivity contribution is -0.183. The molecule has 1 aromatic heterocycles. The number of ether oxygens (including phenoxy) is 1. The third-order valence-corrected chi connectivity index (χ3v) is 10.3. The smallest absolute Gasteiger partial charge is 0.306 e. The van der Waals surface area contributed by atoms with Crippen molar-refractivity contribution in [3.63, 3.8) is 0 Å². The fourth-order valence-corrected chi connectivity index (χ4v) is 7.54. The molecule has 9 nitrogen and oxygen atoms in total. The predicted molar refractivity (Wildman–Crippen MR) is 160 cm³/mol. The Bertz CT molecular complexity index is 1540. The number of carbonyl (C=O) groups excluding carboxylic acids is 1. The van der Waals surface area contributed by atoms with Crippen LogP contribution in [0.4, 0.5) is 5.82 Å². The van der Waals surface area contributed by atoms with Crippen molar-refractivity contribution < 1.29 is 27.9 Å². The molecule has 0 unspecified atom stereocenters. The topological polar surface area (TPSA) is 117 Å². The van der Waals surface area contributed by atoms with Crippen LogP contribution < -0.4 is 4.31 Å². The van der Waals surface area contributed by atoms with Crippen LogP contribution in [0.15, 0.2) is 72.9 Å². The van der Waals surface area contributed by atoms with Gasteiger partial charge in [-0.3, -0.25) is 13.9 Å². The monoisotopic (exact) mass is 631 g/mol. The summed E-state index contributed by atoms with van der Waals surface area (Å²) in [5.74, 6) is -1.46. The SMILES string of the molecule is CC[C@@H](CN(c1ccccn1)S(=O)(=O)C1CC1)N1C(=O)[C@H](CC(=O)O)O[C@H](c2cccc(Cl)c2)[C@H]1c1ccc(Cl)cc1. The van der Waals surface area contributed by atoms with Gasteiger partial charge >= 0.3 is 5.97 Å². The standard InChI is InChI=1S/C30H31Cl2N3O6S/c1-2-23(18-34(26-8-3-4-15-33-26)42(39,40)24-13-14-24)35-28(19-9-11-21(31)12-10-19)29(20-6-5-7-22(32)16-20)41-25(30(35)38)17-27(36)37/h3-12,15-16,23-25,28-29H,2,13-14,17-18H2,1H3,(H,36,37)/t23-,25-,28+,29+/m0/s1. The molecular formula is C30H31Cl2N3O6S. The maximum absolute atomic E-state index is 14.2. The first-order chi connectivity index (χ1) is 20.1. The van der Waals surface area contributed by atoms with Crippen molar-refractivity contribution in [2.75, 3.05) is 10.8 Å².